The van der Waals surface area contributed by atoms with Gasteiger partial charge in [0.25, 0.3) is 0 Å². The Hall–Kier alpha value is -2.30. The van der Waals surface area contributed by atoms with E-state index in [2.05, 4.69) is 10.2 Å². The molecule has 2 aromatic heterocycles. The summed E-state index contributed by atoms with van der Waals surface area (Å²) in [4.78, 5) is 11.6. The van der Waals surface area contributed by atoms with Gasteiger partial charge in [-0.2, -0.15) is 5.10 Å². The third-order valence-electron chi connectivity index (χ3n) is 2.71. The van der Waals surface area contributed by atoms with E-state index in [0.717, 1.165) is 5.39 Å². The Morgan fingerprint density at radius 1 is 1.38 bits per heavy atom. The topological polar surface area (TPSA) is 79.1 Å². The molecule has 0 amide bonds. The molecule has 0 spiro atoms. The molecule has 2 heterocycles. The summed E-state index contributed by atoms with van der Waals surface area (Å²) in [6.45, 7) is 1.70. The first kappa shape index (κ1) is 8.96. The lowest BCUT2D eigenvalue weighted by molar-refractivity contribution is 0.468. The molecule has 2 N–H and O–H groups in total. The van der Waals surface area contributed by atoms with Gasteiger partial charge in [-0.25, -0.2) is 4.79 Å². The Bertz CT molecular complexity index is 755. The van der Waals surface area contributed by atoms with Gasteiger partial charge in [0.05, 0.1) is 6.20 Å². The van der Waals surface area contributed by atoms with Crippen molar-refractivity contribution in [3.63, 3.8) is 0 Å². The van der Waals surface area contributed by atoms with Crippen LogP contribution >= 0.6 is 0 Å². The molecule has 3 rings (SSSR count). The van der Waals surface area contributed by atoms with E-state index in [-0.39, 0.29) is 5.75 Å². The Balaban J connectivity index is 2.68. The Morgan fingerprint density at radius 2 is 2.19 bits per heavy atom. The van der Waals surface area contributed by atoms with Gasteiger partial charge in [0.1, 0.15) is 11.3 Å². The van der Waals surface area contributed by atoms with Crippen molar-refractivity contribution in [3.05, 3.63) is 34.3 Å². The average Bonchev–Trinajstić information content (AvgIpc) is 2.74. The summed E-state index contributed by atoms with van der Waals surface area (Å²) in [5, 5.41) is 17.4. The number of H-pyrrole nitrogens is 1. The third-order valence-corrected chi connectivity index (χ3v) is 2.71. The Morgan fingerprint density at radius 3 is 3.00 bits per heavy atom. The third kappa shape index (κ3) is 0.995. The van der Waals surface area contributed by atoms with E-state index in [1.807, 2.05) is 0 Å². The SMILES string of the molecule is Cc1c(O)ccc2c1oc(=O)c1[nH]ncc12. The molecule has 80 valence electrons. The zero-order valence-electron chi connectivity index (χ0n) is 8.44. The van der Waals surface area contributed by atoms with Crippen LogP contribution in [0.3, 0.4) is 0 Å². The van der Waals surface area contributed by atoms with Crippen molar-refractivity contribution in [2.75, 3.05) is 0 Å². The molecule has 0 radical (unpaired) electrons. The predicted octanol–water partition coefficient (Wildman–Crippen LogP) is 1.68. The largest absolute Gasteiger partial charge is 0.508 e. The van der Waals surface area contributed by atoms with Gasteiger partial charge in [0.2, 0.25) is 0 Å². The van der Waals surface area contributed by atoms with E-state index in [9.17, 15) is 9.90 Å². The summed E-state index contributed by atoms with van der Waals surface area (Å²) < 4.78 is 5.16. The minimum atomic E-state index is -0.478. The average molecular weight is 216 g/mol. The number of nitrogens with zero attached hydrogens (tertiary/aromatic N) is 1. The second-order valence-electron chi connectivity index (χ2n) is 3.63. The van der Waals surface area contributed by atoms with Gasteiger partial charge in [-0.1, -0.05) is 0 Å². The van der Waals surface area contributed by atoms with Crippen molar-refractivity contribution in [2.24, 2.45) is 0 Å². The van der Waals surface area contributed by atoms with Crippen LogP contribution < -0.4 is 5.63 Å². The van der Waals surface area contributed by atoms with E-state index in [1.54, 1.807) is 25.3 Å². The highest BCUT2D eigenvalue weighted by Gasteiger charge is 2.12. The molecule has 0 atom stereocenters. The number of aromatic nitrogens is 2. The highest BCUT2D eigenvalue weighted by molar-refractivity contribution is 6.03. The van der Waals surface area contributed by atoms with Crippen LogP contribution in [0.2, 0.25) is 0 Å². The van der Waals surface area contributed by atoms with Gasteiger partial charge in [-0.15, -0.1) is 0 Å². The molecule has 5 nitrogen and oxygen atoms in total. The summed E-state index contributed by atoms with van der Waals surface area (Å²) in [6, 6.07) is 3.28. The van der Waals surface area contributed by atoms with Crippen molar-refractivity contribution in [1.82, 2.24) is 10.2 Å². The first-order valence-electron chi connectivity index (χ1n) is 4.77. The normalized spacial score (nSPS) is 11.3. The number of aromatic hydroxyl groups is 1. The summed E-state index contributed by atoms with van der Waals surface area (Å²) in [5.74, 6) is 0.110. The molecular formula is C11H8N2O3. The Labute approximate surface area is 89.3 Å². The molecule has 0 unspecified atom stereocenters. The van der Waals surface area contributed by atoms with Gasteiger partial charge in [-0.3, -0.25) is 5.10 Å². The number of fused-ring (bicyclic) bond motifs is 3. The fourth-order valence-corrected chi connectivity index (χ4v) is 1.81. The summed E-state index contributed by atoms with van der Waals surface area (Å²) in [6.07, 6.45) is 1.57. The predicted molar refractivity (Wildman–Crippen MR) is 58.5 cm³/mol. The zero-order chi connectivity index (χ0) is 11.3. The fourth-order valence-electron chi connectivity index (χ4n) is 1.81. The van der Waals surface area contributed by atoms with Crippen LogP contribution in [0.25, 0.3) is 21.9 Å². The van der Waals surface area contributed by atoms with Crippen molar-refractivity contribution >= 4 is 21.9 Å². The lowest BCUT2D eigenvalue weighted by atomic mass is 10.1. The molecule has 0 aliphatic heterocycles. The molecule has 0 bridgehead atoms. The lowest BCUT2D eigenvalue weighted by Crippen LogP contribution is -2.00. The maximum atomic E-state index is 11.6. The minimum Gasteiger partial charge on any atom is -0.508 e. The quantitative estimate of drug-likeness (QED) is 0.560. The zero-order valence-corrected chi connectivity index (χ0v) is 8.44. The van der Waals surface area contributed by atoms with Crippen molar-refractivity contribution < 1.29 is 9.52 Å². The molecule has 0 aliphatic carbocycles. The number of aromatic amines is 1. The number of aryl methyl sites for hydroxylation is 1. The molecule has 0 saturated carbocycles. The van der Waals surface area contributed by atoms with Crippen LogP contribution in [0.5, 0.6) is 5.75 Å². The van der Waals surface area contributed by atoms with E-state index < -0.39 is 5.63 Å². The molecule has 0 fully saturated rings. The lowest BCUT2D eigenvalue weighted by Gasteiger charge is -2.03. The first-order valence-corrected chi connectivity index (χ1v) is 4.77. The van der Waals surface area contributed by atoms with Crippen LogP contribution in [0, 0.1) is 6.92 Å². The number of rotatable bonds is 0. The maximum absolute atomic E-state index is 11.6. The van der Waals surface area contributed by atoms with Crippen molar-refractivity contribution in [1.29, 1.82) is 0 Å². The van der Waals surface area contributed by atoms with Gasteiger partial charge in [-0.05, 0) is 19.1 Å². The minimum absolute atomic E-state index is 0.110. The van der Waals surface area contributed by atoms with Gasteiger partial charge in [0, 0.05) is 16.3 Å². The van der Waals surface area contributed by atoms with Crippen molar-refractivity contribution in [2.45, 2.75) is 6.92 Å². The number of phenols is 1. The van der Waals surface area contributed by atoms with Crippen LogP contribution in [0.1, 0.15) is 5.56 Å². The highest BCUT2D eigenvalue weighted by atomic mass is 16.4. The van der Waals surface area contributed by atoms with Gasteiger partial charge in [0.15, 0.2) is 5.52 Å². The van der Waals surface area contributed by atoms with Crippen LogP contribution in [-0.4, -0.2) is 15.3 Å². The van der Waals surface area contributed by atoms with Crippen LogP contribution in [0.15, 0.2) is 27.5 Å². The summed E-state index contributed by atoms with van der Waals surface area (Å²) >= 11 is 0. The van der Waals surface area contributed by atoms with E-state index in [1.165, 1.54) is 0 Å². The number of nitrogens with one attached hydrogen (secondary N) is 1. The van der Waals surface area contributed by atoms with E-state index in [4.69, 9.17) is 4.42 Å². The summed E-state index contributed by atoms with van der Waals surface area (Å²) in [5.41, 5.74) is 0.822. The van der Waals surface area contributed by atoms with Crippen LogP contribution in [-0.2, 0) is 0 Å². The van der Waals surface area contributed by atoms with Crippen LogP contribution in [0.4, 0.5) is 0 Å². The van der Waals surface area contributed by atoms with E-state index in [0.29, 0.717) is 22.0 Å². The first-order chi connectivity index (χ1) is 7.68. The molecular weight excluding hydrogens is 208 g/mol. The molecule has 3 aromatic rings. The van der Waals surface area contributed by atoms with Crippen molar-refractivity contribution in [3.8, 4) is 5.75 Å². The smallest absolute Gasteiger partial charge is 0.362 e. The molecule has 5 heteroatoms. The highest BCUT2D eigenvalue weighted by Crippen LogP contribution is 2.28. The second kappa shape index (κ2) is 2.85. The van der Waals surface area contributed by atoms with Gasteiger partial charge < -0.3 is 9.52 Å². The number of benzene rings is 1. The number of hydrogen-bond acceptors (Lipinski definition) is 4. The molecule has 1 aromatic carbocycles. The molecule has 0 saturated heterocycles. The standard InChI is InChI=1S/C11H8N2O3/c1-5-8(14)3-2-6-7-4-12-13-9(7)11(15)16-10(5)6/h2-4,14H,1H3,(H,12,13). The molecule has 16 heavy (non-hydrogen) atoms. The summed E-state index contributed by atoms with van der Waals surface area (Å²) in [7, 11) is 0. The molecule has 0 aliphatic rings. The van der Waals surface area contributed by atoms with Gasteiger partial charge >= 0.3 is 5.63 Å². The van der Waals surface area contributed by atoms with E-state index >= 15 is 0 Å². The monoisotopic (exact) mass is 216 g/mol. The Kier molecular flexibility index (Phi) is 1.60. The number of phenolic OH excluding ortho intramolecular Hbond substituents is 1. The second-order valence-corrected chi connectivity index (χ2v) is 3.63. The maximum Gasteiger partial charge on any atom is 0.362 e. The number of hydrogen-bond donors (Lipinski definition) is 2. The fraction of sp³-hybridized carbons (Fsp3) is 0.0909.